The van der Waals surface area contributed by atoms with Crippen LogP contribution in [0.1, 0.15) is 18.5 Å². The summed E-state index contributed by atoms with van der Waals surface area (Å²) in [5.74, 6) is 0.350. The summed E-state index contributed by atoms with van der Waals surface area (Å²) in [5.41, 5.74) is 1.33. The standard InChI is InChI=1S/C16H13ClFN3/c1-10(11-6-2-4-8-13(11)18)19-15-12-7-3-5-9-14(12)20-16(17)21-15/h2-10H,1H3,(H,19,20,21). The van der Waals surface area contributed by atoms with Crippen molar-refractivity contribution >= 4 is 28.3 Å². The quantitative estimate of drug-likeness (QED) is 0.719. The molecule has 0 radical (unpaired) electrons. The van der Waals surface area contributed by atoms with Crippen molar-refractivity contribution < 1.29 is 4.39 Å². The third kappa shape index (κ3) is 2.81. The van der Waals surface area contributed by atoms with Gasteiger partial charge in [-0.3, -0.25) is 0 Å². The van der Waals surface area contributed by atoms with Crippen LogP contribution in [-0.4, -0.2) is 9.97 Å². The number of anilines is 1. The Morgan fingerprint density at radius 1 is 1.05 bits per heavy atom. The first kappa shape index (κ1) is 13.8. The topological polar surface area (TPSA) is 37.8 Å². The molecule has 0 bridgehead atoms. The van der Waals surface area contributed by atoms with Crippen LogP contribution in [0.15, 0.2) is 48.5 Å². The Kier molecular flexibility index (Phi) is 3.71. The molecule has 1 heterocycles. The second-order valence-corrected chi connectivity index (χ2v) is 5.08. The van der Waals surface area contributed by atoms with Gasteiger partial charge in [-0.1, -0.05) is 30.3 Å². The van der Waals surface area contributed by atoms with Crippen LogP contribution in [0.3, 0.4) is 0 Å². The lowest BCUT2D eigenvalue weighted by Gasteiger charge is -2.17. The van der Waals surface area contributed by atoms with Crippen LogP contribution >= 0.6 is 11.6 Å². The van der Waals surface area contributed by atoms with Crippen LogP contribution in [0, 0.1) is 5.82 Å². The molecule has 1 N–H and O–H groups in total. The second-order valence-electron chi connectivity index (χ2n) is 4.75. The van der Waals surface area contributed by atoms with E-state index in [2.05, 4.69) is 15.3 Å². The summed E-state index contributed by atoms with van der Waals surface area (Å²) in [6.45, 7) is 1.88. The normalized spacial score (nSPS) is 12.3. The van der Waals surface area contributed by atoms with Crippen molar-refractivity contribution in [3.63, 3.8) is 0 Å². The van der Waals surface area contributed by atoms with Crippen molar-refractivity contribution in [1.82, 2.24) is 9.97 Å². The predicted molar refractivity (Wildman–Crippen MR) is 83.0 cm³/mol. The lowest BCUT2D eigenvalue weighted by atomic mass is 10.1. The molecule has 3 nitrogen and oxygen atoms in total. The molecule has 0 fully saturated rings. The minimum absolute atomic E-state index is 0.164. The summed E-state index contributed by atoms with van der Waals surface area (Å²) < 4.78 is 13.8. The van der Waals surface area contributed by atoms with Crippen LogP contribution in [0.2, 0.25) is 5.28 Å². The zero-order chi connectivity index (χ0) is 14.8. The molecule has 3 aromatic rings. The van der Waals surface area contributed by atoms with Crippen molar-refractivity contribution in [2.45, 2.75) is 13.0 Å². The average Bonchev–Trinajstić information content (AvgIpc) is 2.47. The lowest BCUT2D eigenvalue weighted by Crippen LogP contribution is -2.10. The van der Waals surface area contributed by atoms with Crippen LogP contribution in [0.4, 0.5) is 10.2 Å². The van der Waals surface area contributed by atoms with E-state index in [9.17, 15) is 4.39 Å². The Balaban J connectivity index is 2.00. The van der Waals surface area contributed by atoms with Crippen LogP contribution in [0.5, 0.6) is 0 Å². The number of hydrogen-bond donors (Lipinski definition) is 1. The molecular formula is C16H13ClFN3. The van der Waals surface area contributed by atoms with Gasteiger partial charge < -0.3 is 5.32 Å². The van der Waals surface area contributed by atoms with Gasteiger partial charge in [-0.05, 0) is 36.7 Å². The molecule has 0 aliphatic carbocycles. The minimum atomic E-state index is -0.248. The first-order chi connectivity index (χ1) is 10.1. The van der Waals surface area contributed by atoms with Gasteiger partial charge in [-0.15, -0.1) is 0 Å². The fourth-order valence-corrected chi connectivity index (χ4v) is 2.44. The van der Waals surface area contributed by atoms with Gasteiger partial charge in [0.05, 0.1) is 11.6 Å². The molecule has 0 aliphatic rings. The molecule has 0 spiro atoms. The number of rotatable bonds is 3. The highest BCUT2D eigenvalue weighted by atomic mass is 35.5. The molecule has 0 amide bonds. The fraction of sp³-hybridized carbons (Fsp3) is 0.125. The number of halogens is 2. The summed E-state index contributed by atoms with van der Waals surface area (Å²) in [4.78, 5) is 8.39. The number of para-hydroxylation sites is 1. The Labute approximate surface area is 126 Å². The molecule has 21 heavy (non-hydrogen) atoms. The zero-order valence-corrected chi connectivity index (χ0v) is 12.1. The molecule has 3 rings (SSSR count). The maximum Gasteiger partial charge on any atom is 0.224 e. The highest BCUT2D eigenvalue weighted by molar-refractivity contribution is 6.28. The van der Waals surface area contributed by atoms with E-state index < -0.39 is 0 Å². The highest BCUT2D eigenvalue weighted by Crippen LogP contribution is 2.26. The molecule has 1 aromatic heterocycles. The third-order valence-corrected chi connectivity index (χ3v) is 3.47. The van der Waals surface area contributed by atoms with Crippen molar-refractivity contribution in [2.75, 3.05) is 5.32 Å². The number of nitrogens with zero attached hydrogens (tertiary/aromatic N) is 2. The van der Waals surface area contributed by atoms with Gasteiger partial charge in [0.25, 0.3) is 0 Å². The first-order valence-electron chi connectivity index (χ1n) is 6.58. The summed E-state index contributed by atoms with van der Waals surface area (Å²) in [6, 6.07) is 14.0. The van der Waals surface area contributed by atoms with Crippen molar-refractivity contribution in [3.05, 3.63) is 65.2 Å². The van der Waals surface area contributed by atoms with Crippen LogP contribution in [-0.2, 0) is 0 Å². The van der Waals surface area contributed by atoms with Crippen LogP contribution in [0.25, 0.3) is 10.9 Å². The average molecular weight is 302 g/mol. The molecule has 1 unspecified atom stereocenters. The monoisotopic (exact) mass is 301 g/mol. The molecule has 2 aromatic carbocycles. The van der Waals surface area contributed by atoms with Gasteiger partial charge in [0.2, 0.25) is 5.28 Å². The number of benzene rings is 2. The van der Waals surface area contributed by atoms with Gasteiger partial charge in [-0.25, -0.2) is 14.4 Å². The van der Waals surface area contributed by atoms with E-state index in [0.29, 0.717) is 11.4 Å². The Bertz CT molecular complexity index is 791. The van der Waals surface area contributed by atoms with E-state index in [4.69, 9.17) is 11.6 Å². The third-order valence-electron chi connectivity index (χ3n) is 3.30. The van der Waals surface area contributed by atoms with Gasteiger partial charge in [0.1, 0.15) is 11.6 Å². The summed E-state index contributed by atoms with van der Waals surface area (Å²) in [6.07, 6.45) is 0. The summed E-state index contributed by atoms with van der Waals surface area (Å²) >= 11 is 5.95. The molecule has 1 atom stereocenters. The lowest BCUT2D eigenvalue weighted by molar-refractivity contribution is 0.600. The summed E-state index contributed by atoms with van der Waals surface area (Å²) in [7, 11) is 0. The molecular weight excluding hydrogens is 289 g/mol. The van der Waals surface area contributed by atoms with Gasteiger partial charge >= 0.3 is 0 Å². The number of fused-ring (bicyclic) bond motifs is 1. The zero-order valence-electron chi connectivity index (χ0n) is 11.3. The maximum atomic E-state index is 13.8. The number of aromatic nitrogens is 2. The molecule has 106 valence electrons. The van der Waals surface area contributed by atoms with E-state index in [1.807, 2.05) is 37.3 Å². The Morgan fingerprint density at radius 3 is 2.57 bits per heavy atom. The second kappa shape index (κ2) is 5.66. The summed E-state index contributed by atoms with van der Waals surface area (Å²) in [5, 5.41) is 4.22. The van der Waals surface area contributed by atoms with Crippen molar-refractivity contribution in [2.24, 2.45) is 0 Å². The largest absolute Gasteiger partial charge is 0.363 e. The van der Waals surface area contributed by atoms with E-state index in [0.717, 1.165) is 10.9 Å². The Hall–Kier alpha value is -2.20. The molecule has 0 aliphatic heterocycles. The predicted octanol–water partition coefficient (Wildman–Crippen LogP) is 4.60. The van der Waals surface area contributed by atoms with E-state index in [1.165, 1.54) is 6.07 Å². The Morgan fingerprint density at radius 2 is 1.76 bits per heavy atom. The molecule has 0 saturated carbocycles. The van der Waals surface area contributed by atoms with Crippen molar-refractivity contribution in [1.29, 1.82) is 0 Å². The first-order valence-corrected chi connectivity index (χ1v) is 6.96. The number of nitrogens with one attached hydrogen (secondary N) is 1. The fourth-order valence-electron chi connectivity index (χ4n) is 2.27. The maximum absolute atomic E-state index is 13.8. The van der Waals surface area contributed by atoms with E-state index >= 15 is 0 Å². The van der Waals surface area contributed by atoms with E-state index in [1.54, 1.807) is 12.1 Å². The van der Waals surface area contributed by atoms with E-state index in [-0.39, 0.29) is 17.1 Å². The van der Waals surface area contributed by atoms with Crippen molar-refractivity contribution in [3.8, 4) is 0 Å². The minimum Gasteiger partial charge on any atom is -0.363 e. The smallest absolute Gasteiger partial charge is 0.224 e. The van der Waals surface area contributed by atoms with Crippen LogP contribution < -0.4 is 5.32 Å². The highest BCUT2D eigenvalue weighted by Gasteiger charge is 2.13. The number of hydrogen-bond acceptors (Lipinski definition) is 3. The molecule has 5 heteroatoms. The van der Waals surface area contributed by atoms with Gasteiger partial charge in [-0.2, -0.15) is 0 Å². The SMILES string of the molecule is CC(Nc1nc(Cl)nc2ccccc12)c1ccccc1F. The van der Waals surface area contributed by atoms with Gasteiger partial charge in [0.15, 0.2) is 0 Å². The molecule has 0 saturated heterocycles. The van der Waals surface area contributed by atoms with Gasteiger partial charge in [0, 0.05) is 10.9 Å².